The molecule has 1 N–H and O–H groups in total. The molecule has 5 heteroatoms. The van der Waals surface area contributed by atoms with E-state index in [9.17, 15) is 0 Å². The maximum Gasteiger partial charge on any atom is 0.253 e. The third-order valence-electron chi connectivity index (χ3n) is 5.77. The molecule has 1 atom stereocenters. The molecule has 4 aromatic rings. The van der Waals surface area contributed by atoms with E-state index in [1.165, 1.54) is 22.4 Å². The van der Waals surface area contributed by atoms with Crippen molar-refractivity contribution < 1.29 is 0 Å². The molecule has 3 heterocycles. The van der Waals surface area contributed by atoms with Crippen LogP contribution in [-0.4, -0.2) is 25.1 Å². The van der Waals surface area contributed by atoms with Crippen molar-refractivity contribution in [2.75, 3.05) is 5.32 Å². The second-order valence-corrected chi connectivity index (χ2v) is 8.71. The zero-order chi connectivity index (χ0) is 20.2. The summed E-state index contributed by atoms with van der Waals surface area (Å²) in [7, 11) is 0. The van der Waals surface area contributed by atoms with Gasteiger partial charge in [-0.2, -0.15) is 9.50 Å². The number of aryl methyl sites for hydroxylation is 1. The Labute approximate surface area is 170 Å². The van der Waals surface area contributed by atoms with Gasteiger partial charge in [-0.1, -0.05) is 37.3 Å². The number of benzene rings is 2. The smallest absolute Gasteiger partial charge is 0.253 e. The quantitative estimate of drug-likeness (QED) is 0.499. The SMILES string of the molecule is Cc1cc2c(cc1-c1ccnc3nc(-c4ccccc4)nn13)[C@H](C)CC(C)(C)N2. The van der Waals surface area contributed by atoms with Gasteiger partial charge in [-0.3, -0.25) is 0 Å². The van der Waals surface area contributed by atoms with Gasteiger partial charge in [0.05, 0.1) is 5.69 Å². The van der Waals surface area contributed by atoms with Gasteiger partial charge in [0, 0.05) is 28.6 Å². The van der Waals surface area contributed by atoms with Crippen molar-refractivity contribution in [1.29, 1.82) is 0 Å². The van der Waals surface area contributed by atoms with Crippen LogP contribution in [0.15, 0.2) is 54.7 Å². The Morgan fingerprint density at radius 3 is 2.69 bits per heavy atom. The molecule has 0 fully saturated rings. The molecule has 0 spiro atoms. The topological polar surface area (TPSA) is 55.1 Å². The lowest BCUT2D eigenvalue weighted by Crippen LogP contribution is -2.36. The first kappa shape index (κ1) is 17.9. The lowest BCUT2D eigenvalue weighted by atomic mass is 9.80. The fourth-order valence-corrected chi connectivity index (χ4v) is 4.52. The molecule has 2 aromatic heterocycles. The summed E-state index contributed by atoms with van der Waals surface area (Å²) in [6, 6.07) is 16.6. The number of nitrogens with one attached hydrogen (secondary N) is 1. The minimum atomic E-state index is 0.112. The summed E-state index contributed by atoms with van der Waals surface area (Å²) < 4.78 is 1.86. The standard InChI is InChI=1S/C24H25N5/c1-15-12-20-18(16(2)14-24(3,4)27-20)13-19(15)21-10-11-25-23-26-22(28-29(21)23)17-8-6-5-7-9-17/h5-13,16,27H,14H2,1-4H3/t16-/m1/s1. The Morgan fingerprint density at radius 2 is 1.90 bits per heavy atom. The lowest BCUT2D eigenvalue weighted by Gasteiger charge is -2.38. The van der Waals surface area contributed by atoms with Crippen molar-refractivity contribution in [2.45, 2.75) is 45.6 Å². The van der Waals surface area contributed by atoms with E-state index in [-0.39, 0.29) is 5.54 Å². The molecule has 1 aliphatic rings. The van der Waals surface area contributed by atoms with Gasteiger partial charge in [0.1, 0.15) is 0 Å². The van der Waals surface area contributed by atoms with Gasteiger partial charge in [-0.05, 0) is 62.4 Å². The van der Waals surface area contributed by atoms with Gasteiger partial charge < -0.3 is 5.32 Å². The maximum atomic E-state index is 4.78. The van der Waals surface area contributed by atoms with E-state index < -0.39 is 0 Å². The third-order valence-corrected chi connectivity index (χ3v) is 5.77. The fourth-order valence-electron chi connectivity index (χ4n) is 4.52. The summed E-state index contributed by atoms with van der Waals surface area (Å²) in [4.78, 5) is 9.09. The molecular formula is C24H25N5. The van der Waals surface area contributed by atoms with Crippen LogP contribution in [0.25, 0.3) is 28.4 Å². The van der Waals surface area contributed by atoms with Crippen LogP contribution in [0.2, 0.25) is 0 Å². The average molecular weight is 383 g/mol. The fraction of sp³-hybridized carbons (Fsp3) is 0.292. The number of hydrogen-bond acceptors (Lipinski definition) is 4. The van der Waals surface area contributed by atoms with Crippen molar-refractivity contribution in [1.82, 2.24) is 19.6 Å². The highest BCUT2D eigenvalue weighted by atomic mass is 15.3. The van der Waals surface area contributed by atoms with Crippen LogP contribution < -0.4 is 5.32 Å². The summed E-state index contributed by atoms with van der Waals surface area (Å²) in [6.07, 6.45) is 2.92. The van der Waals surface area contributed by atoms with Gasteiger partial charge >= 0.3 is 0 Å². The molecule has 1 aliphatic heterocycles. The predicted molar refractivity (Wildman–Crippen MR) is 117 cm³/mol. The monoisotopic (exact) mass is 383 g/mol. The van der Waals surface area contributed by atoms with Crippen LogP contribution in [0.5, 0.6) is 0 Å². The number of nitrogens with zero attached hydrogens (tertiary/aromatic N) is 4. The normalized spacial score (nSPS) is 17.7. The zero-order valence-corrected chi connectivity index (χ0v) is 17.3. The predicted octanol–water partition coefficient (Wildman–Crippen LogP) is 5.46. The van der Waals surface area contributed by atoms with E-state index in [0.717, 1.165) is 17.7 Å². The van der Waals surface area contributed by atoms with Crippen LogP contribution in [-0.2, 0) is 0 Å². The summed E-state index contributed by atoms with van der Waals surface area (Å²) in [5, 5.41) is 8.48. The largest absolute Gasteiger partial charge is 0.380 e. The van der Waals surface area contributed by atoms with E-state index in [0.29, 0.717) is 17.5 Å². The first-order valence-corrected chi connectivity index (χ1v) is 10.1. The Morgan fingerprint density at radius 1 is 1.10 bits per heavy atom. The van der Waals surface area contributed by atoms with Crippen molar-refractivity contribution in [3.8, 4) is 22.6 Å². The minimum Gasteiger partial charge on any atom is -0.380 e. The molecule has 0 saturated heterocycles. The van der Waals surface area contributed by atoms with Gasteiger partial charge in [0.15, 0.2) is 5.82 Å². The van der Waals surface area contributed by atoms with Gasteiger partial charge in [-0.25, -0.2) is 4.98 Å². The minimum absolute atomic E-state index is 0.112. The van der Waals surface area contributed by atoms with E-state index in [2.05, 4.69) is 55.1 Å². The van der Waals surface area contributed by atoms with E-state index in [4.69, 9.17) is 5.10 Å². The third kappa shape index (κ3) is 3.07. The molecule has 5 rings (SSSR count). The molecule has 5 nitrogen and oxygen atoms in total. The van der Waals surface area contributed by atoms with Crippen LogP contribution in [0.3, 0.4) is 0 Å². The lowest BCUT2D eigenvalue weighted by molar-refractivity contribution is 0.454. The Kier molecular flexibility index (Phi) is 3.95. The highest BCUT2D eigenvalue weighted by molar-refractivity contribution is 5.73. The Bertz CT molecular complexity index is 1210. The Hall–Kier alpha value is -3.21. The molecule has 2 aromatic carbocycles. The number of fused-ring (bicyclic) bond motifs is 2. The zero-order valence-electron chi connectivity index (χ0n) is 17.3. The van der Waals surface area contributed by atoms with Crippen LogP contribution >= 0.6 is 0 Å². The maximum absolute atomic E-state index is 4.78. The first-order chi connectivity index (χ1) is 13.9. The highest BCUT2D eigenvalue weighted by Gasteiger charge is 2.30. The number of anilines is 1. The van der Waals surface area contributed by atoms with Crippen LogP contribution in [0, 0.1) is 6.92 Å². The van der Waals surface area contributed by atoms with Crippen molar-refractivity contribution >= 4 is 11.5 Å². The molecule has 0 aliphatic carbocycles. The number of hydrogen-bond donors (Lipinski definition) is 1. The number of rotatable bonds is 2. The molecule has 0 amide bonds. The van der Waals surface area contributed by atoms with E-state index in [1.807, 2.05) is 47.1 Å². The van der Waals surface area contributed by atoms with Crippen molar-refractivity contribution in [3.63, 3.8) is 0 Å². The summed E-state index contributed by atoms with van der Waals surface area (Å²) in [5.41, 5.74) is 7.11. The Balaban J connectivity index is 1.67. The highest BCUT2D eigenvalue weighted by Crippen LogP contribution is 2.41. The second kappa shape index (κ2) is 6.41. The molecule has 0 unspecified atom stereocenters. The van der Waals surface area contributed by atoms with Gasteiger partial charge in [0.25, 0.3) is 5.78 Å². The second-order valence-electron chi connectivity index (χ2n) is 8.71. The molecular weight excluding hydrogens is 358 g/mol. The van der Waals surface area contributed by atoms with E-state index >= 15 is 0 Å². The van der Waals surface area contributed by atoms with Gasteiger partial charge in [-0.15, -0.1) is 5.10 Å². The molecule has 146 valence electrons. The average Bonchev–Trinajstić information content (AvgIpc) is 3.12. The van der Waals surface area contributed by atoms with E-state index in [1.54, 1.807) is 0 Å². The van der Waals surface area contributed by atoms with Gasteiger partial charge in [0.2, 0.25) is 0 Å². The molecule has 0 saturated carbocycles. The number of aromatic nitrogens is 4. The van der Waals surface area contributed by atoms with Crippen LogP contribution in [0.4, 0.5) is 5.69 Å². The molecule has 29 heavy (non-hydrogen) atoms. The van der Waals surface area contributed by atoms with Crippen LogP contribution in [0.1, 0.15) is 44.2 Å². The molecule has 0 bridgehead atoms. The summed E-state index contributed by atoms with van der Waals surface area (Å²) >= 11 is 0. The molecule has 0 radical (unpaired) electrons. The summed E-state index contributed by atoms with van der Waals surface area (Å²) in [5.74, 6) is 1.80. The first-order valence-electron chi connectivity index (χ1n) is 10.1. The van der Waals surface area contributed by atoms with Crippen molar-refractivity contribution in [2.24, 2.45) is 0 Å². The van der Waals surface area contributed by atoms with Crippen molar-refractivity contribution in [3.05, 3.63) is 65.9 Å². The summed E-state index contributed by atoms with van der Waals surface area (Å²) in [6.45, 7) is 9.00.